The highest BCUT2D eigenvalue weighted by molar-refractivity contribution is 5.96. The molecule has 1 amide bonds. The maximum absolute atomic E-state index is 11.4. The van der Waals surface area contributed by atoms with Crippen LogP contribution in [-0.4, -0.2) is 12.5 Å². The number of hydrogen-bond acceptors (Lipinski definition) is 2. The Bertz CT molecular complexity index is 418. The van der Waals surface area contributed by atoms with Crippen molar-refractivity contribution < 1.29 is 4.79 Å². The smallest absolute Gasteiger partial charge is 0.226 e. The third-order valence-corrected chi connectivity index (χ3v) is 2.83. The highest BCUT2D eigenvalue weighted by Crippen LogP contribution is 2.31. The summed E-state index contributed by atoms with van der Waals surface area (Å²) < 4.78 is 0. The summed E-state index contributed by atoms with van der Waals surface area (Å²) in [5.41, 5.74) is 3.32. The molecule has 1 heterocycles. The van der Waals surface area contributed by atoms with Gasteiger partial charge in [-0.15, -0.1) is 0 Å². The van der Waals surface area contributed by atoms with E-state index in [0.29, 0.717) is 13.0 Å². The molecule has 0 spiro atoms. The second-order valence-electron chi connectivity index (χ2n) is 5.24. The SMILES string of the molecule is CC(C)(C)c1ccc2c(c1)NCCC(=O)N2. The van der Waals surface area contributed by atoms with Gasteiger partial charge in [-0.05, 0) is 23.1 Å². The molecule has 16 heavy (non-hydrogen) atoms. The average Bonchev–Trinajstić information content (AvgIpc) is 2.35. The van der Waals surface area contributed by atoms with Gasteiger partial charge in [-0.25, -0.2) is 0 Å². The van der Waals surface area contributed by atoms with Crippen LogP contribution in [0.2, 0.25) is 0 Å². The molecule has 3 nitrogen and oxygen atoms in total. The molecular weight excluding hydrogens is 200 g/mol. The molecule has 0 aromatic heterocycles. The fourth-order valence-electron chi connectivity index (χ4n) is 1.79. The molecule has 1 aliphatic rings. The lowest BCUT2D eigenvalue weighted by atomic mass is 9.86. The van der Waals surface area contributed by atoms with Crippen LogP contribution < -0.4 is 10.6 Å². The van der Waals surface area contributed by atoms with Crippen LogP contribution >= 0.6 is 0 Å². The Balaban J connectivity index is 2.39. The molecule has 0 saturated heterocycles. The van der Waals surface area contributed by atoms with E-state index in [1.807, 2.05) is 6.07 Å². The van der Waals surface area contributed by atoms with Gasteiger partial charge in [0.25, 0.3) is 0 Å². The van der Waals surface area contributed by atoms with Gasteiger partial charge in [-0.1, -0.05) is 26.8 Å². The largest absolute Gasteiger partial charge is 0.383 e. The first kappa shape index (κ1) is 11.0. The number of anilines is 2. The van der Waals surface area contributed by atoms with E-state index < -0.39 is 0 Å². The number of hydrogen-bond donors (Lipinski definition) is 2. The minimum atomic E-state index is 0.0785. The number of rotatable bonds is 0. The number of benzene rings is 1. The summed E-state index contributed by atoms with van der Waals surface area (Å²) in [4.78, 5) is 11.4. The van der Waals surface area contributed by atoms with Gasteiger partial charge in [-0.2, -0.15) is 0 Å². The molecule has 2 N–H and O–H groups in total. The molecule has 0 saturated carbocycles. The van der Waals surface area contributed by atoms with Gasteiger partial charge in [0, 0.05) is 13.0 Å². The molecule has 3 heteroatoms. The van der Waals surface area contributed by atoms with Crippen molar-refractivity contribution in [2.45, 2.75) is 32.6 Å². The van der Waals surface area contributed by atoms with Crippen LogP contribution in [0, 0.1) is 0 Å². The summed E-state index contributed by atoms with van der Waals surface area (Å²) in [6.07, 6.45) is 0.527. The summed E-state index contributed by atoms with van der Waals surface area (Å²) in [6.45, 7) is 7.25. The molecule has 0 bridgehead atoms. The van der Waals surface area contributed by atoms with Gasteiger partial charge in [-0.3, -0.25) is 4.79 Å². The molecule has 2 rings (SSSR count). The molecule has 1 aromatic carbocycles. The fourth-order valence-corrected chi connectivity index (χ4v) is 1.79. The Labute approximate surface area is 96.2 Å². The summed E-state index contributed by atoms with van der Waals surface area (Å²) in [7, 11) is 0. The van der Waals surface area contributed by atoms with Crippen molar-refractivity contribution in [3.63, 3.8) is 0 Å². The van der Waals surface area contributed by atoms with Crippen molar-refractivity contribution in [2.75, 3.05) is 17.2 Å². The third-order valence-electron chi connectivity index (χ3n) is 2.83. The molecule has 0 fully saturated rings. The highest BCUT2D eigenvalue weighted by Gasteiger charge is 2.17. The lowest BCUT2D eigenvalue weighted by Crippen LogP contribution is -2.12. The Morgan fingerprint density at radius 2 is 1.94 bits per heavy atom. The van der Waals surface area contributed by atoms with Gasteiger partial charge in [0.1, 0.15) is 0 Å². The molecule has 0 atom stereocenters. The Morgan fingerprint density at radius 3 is 2.62 bits per heavy atom. The number of carbonyl (C=O) groups excluding carboxylic acids is 1. The van der Waals surface area contributed by atoms with Crippen LogP contribution in [-0.2, 0) is 10.2 Å². The number of amides is 1. The van der Waals surface area contributed by atoms with E-state index in [0.717, 1.165) is 11.4 Å². The molecule has 86 valence electrons. The van der Waals surface area contributed by atoms with Crippen LogP contribution in [0.3, 0.4) is 0 Å². The predicted octanol–water partition coefficient (Wildman–Crippen LogP) is 2.74. The first-order valence-electron chi connectivity index (χ1n) is 5.65. The highest BCUT2D eigenvalue weighted by atomic mass is 16.1. The maximum Gasteiger partial charge on any atom is 0.226 e. The van der Waals surface area contributed by atoms with E-state index >= 15 is 0 Å². The number of carbonyl (C=O) groups is 1. The predicted molar refractivity (Wildman–Crippen MR) is 66.9 cm³/mol. The first-order valence-corrected chi connectivity index (χ1v) is 5.65. The van der Waals surface area contributed by atoms with Gasteiger partial charge in [0.05, 0.1) is 11.4 Å². The lowest BCUT2D eigenvalue weighted by Gasteiger charge is -2.21. The fraction of sp³-hybridized carbons (Fsp3) is 0.462. The first-order chi connectivity index (χ1) is 7.47. The zero-order chi connectivity index (χ0) is 11.8. The van der Waals surface area contributed by atoms with E-state index in [9.17, 15) is 4.79 Å². The quantitative estimate of drug-likeness (QED) is 0.703. The zero-order valence-corrected chi connectivity index (χ0v) is 10.1. The van der Waals surface area contributed by atoms with Crippen molar-refractivity contribution >= 4 is 17.3 Å². The monoisotopic (exact) mass is 218 g/mol. The summed E-state index contributed by atoms with van der Waals surface area (Å²) in [5, 5.41) is 6.18. The van der Waals surface area contributed by atoms with Crippen LogP contribution in [0.15, 0.2) is 18.2 Å². The molecule has 0 unspecified atom stereocenters. The van der Waals surface area contributed by atoms with E-state index in [-0.39, 0.29) is 11.3 Å². The van der Waals surface area contributed by atoms with Crippen molar-refractivity contribution in [1.29, 1.82) is 0 Å². The number of nitrogens with one attached hydrogen (secondary N) is 2. The Kier molecular flexibility index (Phi) is 2.62. The normalized spacial score (nSPS) is 15.8. The average molecular weight is 218 g/mol. The zero-order valence-electron chi connectivity index (χ0n) is 10.1. The Morgan fingerprint density at radius 1 is 1.19 bits per heavy atom. The molecule has 0 aliphatic carbocycles. The summed E-state index contributed by atoms with van der Waals surface area (Å²) in [6, 6.07) is 6.18. The molecule has 1 aromatic rings. The molecular formula is C13H18N2O. The van der Waals surface area contributed by atoms with Crippen molar-refractivity contribution in [1.82, 2.24) is 0 Å². The minimum absolute atomic E-state index is 0.0785. The van der Waals surface area contributed by atoms with E-state index in [1.54, 1.807) is 0 Å². The van der Waals surface area contributed by atoms with Gasteiger partial charge >= 0.3 is 0 Å². The van der Waals surface area contributed by atoms with E-state index in [4.69, 9.17) is 0 Å². The van der Waals surface area contributed by atoms with Crippen molar-refractivity contribution in [3.05, 3.63) is 23.8 Å². The minimum Gasteiger partial charge on any atom is -0.383 e. The Hall–Kier alpha value is -1.51. The summed E-state index contributed by atoms with van der Waals surface area (Å²) >= 11 is 0. The van der Waals surface area contributed by atoms with Gasteiger partial charge < -0.3 is 10.6 Å². The molecule has 0 radical (unpaired) electrons. The topological polar surface area (TPSA) is 41.1 Å². The van der Waals surface area contributed by atoms with Crippen molar-refractivity contribution in [2.24, 2.45) is 0 Å². The lowest BCUT2D eigenvalue weighted by molar-refractivity contribution is -0.115. The molecule has 1 aliphatic heterocycles. The summed E-state index contributed by atoms with van der Waals surface area (Å²) in [5.74, 6) is 0.0785. The van der Waals surface area contributed by atoms with Crippen molar-refractivity contribution in [3.8, 4) is 0 Å². The van der Waals surface area contributed by atoms with Crippen LogP contribution in [0.4, 0.5) is 11.4 Å². The van der Waals surface area contributed by atoms with Crippen LogP contribution in [0.25, 0.3) is 0 Å². The van der Waals surface area contributed by atoms with Crippen LogP contribution in [0.5, 0.6) is 0 Å². The van der Waals surface area contributed by atoms with Crippen LogP contribution in [0.1, 0.15) is 32.8 Å². The van der Waals surface area contributed by atoms with E-state index in [1.165, 1.54) is 5.56 Å². The third kappa shape index (κ3) is 2.18. The van der Waals surface area contributed by atoms with Gasteiger partial charge in [0.2, 0.25) is 5.91 Å². The van der Waals surface area contributed by atoms with Gasteiger partial charge in [0.15, 0.2) is 0 Å². The van der Waals surface area contributed by atoms with E-state index in [2.05, 4.69) is 43.5 Å². The second kappa shape index (κ2) is 3.81. The second-order valence-corrected chi connectivity index (χ2v) is 5.24. The number of fused-ring (bicyclic) bond motifs is 1. The maximum atomic E-state index is 11.4. The standard InChI is InChI=1S/C13H18N2O/c1-13(2,3)9-4-5-10-11(8-9)14-7-6-12(16)15-10/h4-5,8,14H,6-7H2,1-3H3,(H,15,16).